The van der Waals surface area contributed by atoms with Crippen molar-refractivity contribution in [3.05, 3.63) is 179 Å². The molecule has 0 radical (unpaired) electrons. The van der Waals surface area contributed by atoms with Gasteiger partial charge in [0.15, 0.2) is 0 Å². The number of likely N-dealkylation sites (tertiary alicyclic amines) is 5. The number of carbonyl (C=O) groups excluding carboxylic acids is 6. The number of esters is 1. The smallest absolute Gasteiger partial charge is 0.317 e. The Kier molecular flexibility index (Phi) is 41.4. The van der Waals surface area contributed by atoms with Crippen LogP contribution in [0.15, 0.2) is 152 Å². The number of methoxy groups -OCH3 is 1. The first kappa shape index (κ1) is 93.1. The Labute approximate surface area is 674 Å². The van der Waals surface area contributed by atoms with Gasteiger partial charge in [-0.2, -0.15) is 0 Å². The molecule has 112 heavy (non-hydrogen) atoms. The summed E-state index contributed by atoms with van der Waals surface area (Å²) in [7, 11) is 5.36. The molecule has 5 aliphatic heterocycles. The second kappa shape index (κ2) is 49.8. The Morgan fingerprint density at radius 1 is 0.384 bits per heavy atom. The first-order chi connectivity index (χ1) is 54.0. The molecule has 0 saturated carbocycles. The topological polar surface area (TPSA) is 285 Å². The number of nitrogens with two attached hydrogens (primary N) is 5. The minimum absolute atomic E-state index is 0.0362. The van der Waals surface area contributed by atoms with Crippen LogP contribution in [0.2, 0.25) is 0 Å². The third-order valence-corrected chi connectivity index (χ3v) is 24.8. The number of benzene rings is 5. The fraction of sp³-hybridized carbons (Fsp3) is 0.609. The van der Waals surface area contributed by atoms with E-state index in [1.165, 1.54) is 34.9 Å². The lowest BCUT2D eigenvalue weighted by Crippen LogP contribution is -2.50. The summed E-state index contributed by atoms with van der Waals surface area (Å²) in [5.41, 5.74) is 38.2. The molecular weight excluding hydrogens is 1400 g/mol. The van der Waals surface area contributed by atoms with Crippen molar-refractivity contribution < 1.29 is 33.5 Å². The van der Waals surface area contributed by atoms with Gasteiger partial charge in [-0.3, -0.25) is 19.2 Å². The SMILES string of the molecule is CC(C)CC(=O)N1CCC(CN)(CCc2ccccc2)CC1.CCCC(=O)N1CCC(CN)(CCc2ccccc2)CC1.CCNC(=O)N1CCC(CN)(CCc2ccccc2)CC1.CN(C)CCNC(=O)N1CCC(CN)(CCc2ccccc2)CC1.COC(=O)CCC(=O)N1CCC(CN)(CCc2ccccc2)CC1. The molecule has 5 saturated heterocycles. The molecule has 20 heteroatoms. The Morgan fingerprint density at radius 2 is 0.643 bits per heavy atom. The summed E-state index contributed by atoms with van der Waals surface area (Å²) < 4.78 is 4.59. The quantitative estimate of drug-likeness (QED) is 0.0204. The summed E-state index contributed by atoms with van der Waals surface area (Å²) in [6, 6.07) is 53.0. The molecule has 20 nitrogen and oxygen atoms in total. The van der Waals surface area contributed by atoms with E-state index in [-0.39, 0.29) is 63.9 Å². The minimum atomic E-state index is -0.334. The highest BCUT2D eigenvalue weighted by molar-refractivity contribution is 5.81. The maximum absolute atomic E-state index is 12.2. The monoisotopic (exact) mass is 1540 g/mol. The number of urea groups is 2. The van der Waals surface area contributed by atoms with Gasteiger partial charge in [0.2, 0.25) is 17.7 Å². The van der Waals surface area contributed by atoms with Crippen molar-refractivity contribution in [3.63, 3.8) is 0 Å². The van der Waals surface area contributed by atoms with Gasteiger partial charge >= 0.3 is 18.0 Å². The Bertz CT molecular complexity index is 3340. The molecule has 7 amide bonds. The maximum Gasteiger partial charge on any atom is 0.317 e. The van der Waals surface area contributed by atoms with Crippen LogP contribution in [0.3, 0.4) is 0 Å². The molecule has 0 aromatic heterocycles. The lowest BCUT2D eigenvalue weighted by molar-refractivity contribution is -0.144. The van der Waals surface area contributed by atoms with Crippen LogP contribution < -0.4 is 39.3 Å². The molecule has 0 spiro atoms. The summed E-state index contributed by atoms with van der Waals surface area (Å²) in [6.07, 6.45) is 23.5. The van der Waals surface area contributed by atoms with Crippen LogP contribution in [0, 0.1) is 33.0 Å². The van der Waals surface area contributed by atoms with Gasteiger partial charge in [0.05, 0.1) is 13.5 Å². The van der Waals surface area contributed by atoms with E-state index in [0.717, 1.165) is 220 Å². The van der Waals surface area contributed by atoms with Crippen molar-refractivity contribution in [2.45, 2.75) is 188 Å². The van der Waals surface area contributed by atoms with Crippen molar-refractivity contribution >= 4 is 35.8 Å². The lowest BCUT2D eigenvalue weighted by atomic mass is 9.74. The van der Waals surface area contributed by atoms with Gasteiger partial charge in [-0.05, 0) is 249 Å². The normalized spacial score (nSPS) is 17.3. The second-order valence-electron chi connectivity index (χ2n) is 33.4. The zero-order chi connectivity index (χ0) is 81.1. The zero-order valence-corrected chi connectivity index (χ0v) is 69.8. The van der Waals surface area contributed by atoms with Crippen LogP contribution in [0.1, 0.15) is 184 Å². The Hall–Kier alpha value is -7.72. The van der Waals surface area contributed by atoms with Gasteiger partial charge in [0.1, 0.15) is 0 Å². The van der Waals surface area contributed by atoms with Crippen LogP contribution in [0.4, 0.5) is 9.59 Å². The van der Waals surface area contributed by atoms with E-state index in [0.29, 0.717) is 63.3 Å². The summed E-state index contributed by atoms with van der Waals surface area (Å²) in [5, 5.41) is 5.88. The first-order valence-electron chi connectivity index (χ1n) is 42.4. The van der Waals surface area contributed by atoms with Crippen molar-refractivity contribution in [1.82, 2.24) is 40.0 Å². The van der Waals surface area contributed by atoms with E-state index in [1.54, 1.807) is 0 Å². The molecular formula is C92H145N13O7. The number of amides is 7. The number of piperidine rings is 5. The number of ether oxygens (including phenoxy) is 1. The summed E-state index contributed by atoms with van der Waals surface area (Å²) in [5.74, 6) is 0.759. The van der Waals surface area contributed by atoms with Crippen molar-refractivity contribution in [3.8, 4) is 0 Å². The van der Waals surface area contributed by atoms with Crippen LogP contribution in [-0.4, -0.2) is 204 Å². The van der Waals surface area contributed by atoms with Crippen LogP contribution in [-0.2, 0) is 56.0 Å². The molecule has 5 heterocycles. The van der Waals surface area contributed by atoms with E-state index >= 15 is 0 Å². The number of likely N-dealkylation sites (N-methyl/N-ethyl adjacent to an activating group) is 1. The summed E-state index contributed by atoms with van der Waals surface area (Å²) in [4.78, 5) is 83.4. The highest BCUT2D eigenvalue weighted by Gasteiger charge is 2.39. The largest absolute Gasteiger partial charge is 0.469 e. The minimum Gasteiger partial charge on any atom is -0.469 e. The molecule has 12 N–H and O–H groups in total. The van der Waals surface area contributed by atoms with E-state index in [1.807, 2.05) is 57.7 Å². The second-order valence-corrected chi connectivity index (χ2v) is 33.4. The highest BCUT2D eigenvalue weighted by atomic mass is 16.5. The van der Waals surface area contributed by atoms with Gasteiger partial charge in [-0.1, -0.05) is 172 Å². The van der Waals surface area contributed by atoms with Crippen molar-refractivity contribution in [2.24, 2.45) is 61.7 Å². The number of nitrogens with one attached hydrogen (secondary N) is 2. The van der Waals surface area contributed by atoms with Gasteiger partial charge in [0.25, 0.3) is 0 Å². The fourth-order valence-electron chi connectivity index (χ4n) is 16.2. The number of nitrogens with zero attached hydrogens (tertiary/aromatic N) is 6. The standard InChI is InChI=1S/C19H32N4O.C19H28N2O3.C19H30N2O.C18H28N2O.C17H27N3O/c1-22(2)15-12-21-18(24)23-13-10-19(16-20,11-14-23)9-8-17-6-4-3-5-7-17;1-24-18(23)8-7-17(22)21-13-11-19(15-20,12-14-21)10-9-16-5-3-2-4-6-16;1-16(2)14-18(22)21-12-10-19(15-20,11-13-21)9-8-17-6-4-3-5-7-17;1-2-6-17(21)20-13-11-18(15-19,12-14-20)10-9-16-7-4-3-5-8-16;1-2-19-16(21)20-12-10-17(14-18,11-13-20)9-8-15-6-4-3-5-7-15/h3-7H,8-16,20H2,1-2H3,(H,21,24);2-6H,7-15,20H2,1H3;3-7,16H,8-15,20H2,1-2H3;3-5,7-8H,2,6,9-15,19H2,1H3;3-7H,2,8-14,18H2,1H3,(H,19,21). The first-order valence-corrected chi connectivity index (χ1v) is 42.4. The zero-order valence-electron chi connectivity index (χ0n) is 69.8. The fourth-order valence-corrected chi connectivity index (χ4v) is 16.2. The molecule has 5 aromatic carbocycles. The van der Waals surface area contributed by atoms with E-state index in [2.05, 4.69) is 181 Å². The highest BCUT2D eigenvalue weighted by Crippen LogP contribution is 2.40. The van der Waals surface area contributed by atoms with E-state index < -0.39 is 0 Å². The molecule has 0 unspecified atom stereocenters. The van der Waals surface area contributed by atoms with Gasteiger partial charge in [-0.25, -0.2) is 9.59 Å². The molecule has 0 atom stereocenters. The van der Waals surface area contributed by atoms with Crippen molar-refractivity contribution in [2.75, 3.05) is 139 Å². The number of hydrogen-bond acceptors (Lipinski definition) is 13. The molecule has 10 rings (SSSR count). The van der Waals surface area contributed by atoms with Gasteiger partial charge in [-0.15, -0.1) is 0 Å². The average molecular weight is 1550 g/mol. The number of rotatable bonds is 31. The molecule has 5 aromatic rings. The Morgan fingerprint density at radius 3 is 0.884 bits per heavy atom. The third-order valence-electron chi connectivity index (χ3n) is 24.8. The van der Waals surface area contributed by atoms with Crippen LogP contribution in [0.25, 0.3) is 0 Å². The van der Waals surface area contributed by atoms with Crippen molar-refractivity contribution in [1.29, 1.82) is 0 Å². The van der Waals surface area contributed by atoms with Gasteiger partial charge < -0.3 is 73.4 Å². The third kappa shape index (κ3) is 32.3. The predicted octanol–water partition coefficient (Wildman–Crippen LogP) is 12.7. The van der Waals surface area contributed by atoms with Crippen LogP contribution >= 0.6 is 0 Å². The summed E-state index contributed by atoms with van der Waals surface area (Å²) >= 11 is 0. The van der Waals surface area contributed by atoms with Gasteiger partial charge in [0, 0.05) is 104 Å². The summed E-state index contributed by atoms with van der Waals surface area (Å²) in [6.45, 7) is 22.2. The molecule has 620 valence electrons. The lowest BCUT2D eigenvalue weighted by Gasteiger charge is -2.41. The number of aryl methyl sites for hydroxylation is 5. The van der Waals surface area contributed by atoms with E-state index in [4.69, 9.17) is 28.7 Å². The number of hydrogen-bond donors (Lipinski definition) is 7. The molecule has 0 bridgehead atoms. The Balaban J connectivity index is 0.000000218. The molecule has 5 fully saturated rings. The molecule has 0 aliphatic carbocycles. The van der Waals surface area contributed by atoms with E-state index in [9.17, 15) is 28.8 Å². The average Bonchev–Trinajstić information content (AvgIpc) is 0.851. The number of carbonyl (C=O) groups is 6. The maximum atomic E-state index is 12.2. The predicted molar refractivity (Wildman–Crippen MR) is 457 cm³/mol. The van der Waals surface area contributed by atoms with Crippen LogP contribution in [0.5, 0.6) is 0 Å². The molecule has 5 aliphatic rings.